The van der Waals surface area contributed by atoms with E-state index < -0.39 is 21.8 Å². The van der Waals surface area contributed by atoms with E-state index in [4.69, 9.17) is 5.73 Å². The molecule has 2 aliphatic heterocycles. The predicted molar refractivity (Wildman–Crippen MR) is 94.7 cm³/mol. The molecule has 0 saturated carbocycles. The summed E-state index contributed by atoms with van der Waals surface area (Å²) < 4.78 is 24.8. The Kier molecular flexibility index (Phi) is 4.70. The first-order valence-electron chi connectivity index (χ1n) is 8.16. The number of benzene rings is 1. The Hall–Kier alpha value is -2.13. The van der Waals surface area contributed by atoms with E-state index in [2.05, 4.69) is 4.90 Å². The average molecular weight is 366 g/mol. The topological polar surface area (TPSA) is 104 Å². The van der Waals surface area contributed by atoms with Crippen molar-refractivity contribution in [2.24, 2.45) is 11.7 Å². The van der Waals surface area contributed by atoms with Crippen molar-refractivity contribution in [2.75, 3.05) is 48.8 Å². The van der Waals surface area contributed by atoms with E-state index in [0.29, 0.717) is 26.2 Å². The summed E-state index contributed by atoms with van der Waals surface area (Å²) in [6.45, 7) is 2.20. The van der Waals surface area contributed by atoms with E-state index in [1.54, 1.807) is 4.90 Å². The van der Waals surface area contributed by atoms with Crippen LogP contribution in [0.4, 0.5) is 11.4 Å². The van der Waals surface area contributed by atoms with Crippen LogP contribution < -0.4 is 15.5 Å². The molecule has 0 radical (unpaired) electrons. The van der Waals surface area contributed by atoms with Gasteiger partial charge in [-0.1, -0.05) is 12.1 Å². The predicted octanol–water partition coefficient (Wildman–Crippen LogP) is -0.394. The van der Waals surface area contributed by atoms with Gasteiger partial charge >= 0.3 is 0 Å². The van der Waals surface area contributed by atoms with Gasteiger partial charge in [0.1, 0.15) is 0 Å². The van der Waals surface area contributed by atoms with Gasteiger partial charge in [0, 0.05) is 39.1 Å². The zero-order valence-electron chi connectivity index (χ0n) is 14.1. The second-order valence-corrected chi connectivity index (χ2v) is 8.43. The maximum Gasteiger partial charge on any atom is 0.227 e. The number of nitrogens with zero attached hydrogens (tertiary/aromatic N) is 3. The smallest absolute Gasteiger partial charge is 0.227 e. The van der Waals surface area contributed by atoms with Crippen LogP contribution in [0.3, 0.4) is 0 Å². The van der Waals surface area contributed by atoms with Crippen molar-refractivity contribution in [1.82, 2.24) is 4.31 Å². The minimum atomic E-state index is -3.19. The van der Waals surface area contributed by atoms with E-state index in [-0.39, 0.29) is 18.9 Å². The molecule has 0 bridgehead atoms. The number of nitrogens with two attached hydrogens (primary N) is 1. The molecule has 2 saturated heterocycles. The zero-order valence-corrected chi connectivity index (χ0v) is 14.9. The largest absolute Gasteiger partial charge is 0.369 e. The van der Waals surface area contributed by atoms with Crippen LogP contribution in [0.1, 0.15) is 6.42 Å². The van der Waals surface area contributed by atoms with Gasteiger partial charge in [0.2, 0.25) is 21.8 Å². The van der Waals surface area contributed by atoms with Crippen LogP contribution in [0, 0.1) is 5.92 Å². The minimum absolute atomic E-state index is 0.119. The number of hydrogen-bond acceptors (Lipinski definition) is 5. The Morgan fingerprint density at radius 3 is 2.24 bits per heavy atom. The van der Waals surface area contributed by atoms with Crippen molar-refractivity contribution >= 4 is 33.2 Å². The number of para-hydroxylation sites is 2. The number of sulfonamides is 1. The molecule has 1 aromatic rings. The maximum absolute atomic E-state index is 12.3. The highest BCUT2D eigenvalue weighted by Gasteiger charge is 2.35. The molecule has 0 unspecified atom stereocenters. The van der Waals surface area contributed by atoms with E-state index >= 15 is 0 Å². The van der Waals surface area contributed by atoms with Crippen molar-refractivity contribution in [3.05, 3.63) is 24.3 Å². The molecular formula is C16H22N4O4S. The van der Waals surface area contributed by atoms with E-state index in [1.165, 1.54) is 10.6 Å². The van der Waals surface area contributed by atoms with Gasteiger partial charge in [-0.3, -0.25) is 9.59 Å². The molecule has 2 aliphatic rings. The number of anilines is 2. The summed E-state index contributed by atoms with van der Waals surface area (Å²) in [4.78, 5) is 27.4. The van der Waals surface area contributed by atoms with Crippen LogP contribution in [-0.4, -0.2) is 63.5 Å². The van der Waals surface area contributed by atoms with Crippen LogP contribution in [0.15, 0.2) is 24.3 Å². The molecule has 2 amide bonds. The molecule has 25 heavy (non-hydrogen) atoms. The van der Waals surface area contributed by atoms with Gasteiger partial charge in [0.05, 0.1) is 23.5 Å². The van der Waals surface area contributed by atoms with E-state index in [1.807, 2.05) is 24.3 Å². The van der Waals surface area contributed by atoms with Gasteiger partial charge in [-0.25, -0.2) is 8.42 Å². The van der Waals surface area contributed by atoms with Crippen LogP contribution in [-0.2, 0) is 19.6 Å². The lowest BCUT2D eigenvalue weighted by molar-refractivity contribution is -0.123. The van der Waals surface area contributed by atoms with Gasteiger partial charge in [-0.05, 0) is 12.1 Å². The lowest BCUT2D eigenvalue weighted by Crippen LogP contribution is -2.48. The number of rotatable bonds is 4. The molecule has 2 heterocycles. The number of carbonyl (C=O) groups excluding carboxylic acids is 2. The Bertz CT molecular complexity index is 787. The maximum atomic E-state index is 12.3. The third-order valence-electron chi connectivity index (χ3n) is 4.75. The Balaban J connectivity index is 1.81. The van der Waals surface area contributed by atoms with Gasteiger partial charge < -0.3 is 15.5 Å². The fourth-order valence-corrected chi connectivity index (χ4v) is 4.18. The standard InChI is InChI=1S/C16H22N4O4S/c1-25(23,24)19-8-6-18(7-9-19)13-4-2-3-5-14(13)20-11-12(16(17)22)10-15(20)21/h2-5,12H,6-11H2,1H3,(H2,17,22)/t12-/m1/s1. The summed E-state index contributed by atoms with van der Waals surface area (Å²) in [5.41, 5.74) is 6.96. The Morgan fingerprint density at radius 1 is 1.12 bits per heavy atom. The van der Waals surface area contributed by atoms with E-state index in [9.17, 15) is 18.0 Å². The number of piperazine rings is 1. The fourth-order valence-electron chi connectivity index (χ4n) is 3.35. The molecule has 2 fully saturated rings. The number of carbonyl (C=O) groups is 2. The molecule has 8 nitrogen and oxygen atoms in total. The SMILES string of the molecule is CS(=O)(=O)N1CCN(c2ccccc2N2C[C@H](C(N)=O)CC2=O)CC1. The summed E-state index contributed by atoms with van der Waals surface area (Å²) in [5.74, 6) is -1.05. The molecule has 0 aliphatic carbocycles. The zero-order chi connectivity index (χ0) is 18.2. The lowest BCUT2D eigenvalue weighted by Gasteiger charge is -2.36. The first-order valence-corrected chi connectivity index (χ1v) is 10.0. The average Bonchev–Trinajstić information content (AvgIpc) is 2.96. The second kappa shape index (κ2) is 6.64. The van der Waals surface area contributed by atoms with Crippen LogP contribution in [0.2, 0.25) is 0 Å². The third-order valence-corrected chi connectivity index (χ3v) is 6.05. The summed E-state index contributed by atoms with van der Waals surface area (Å²) in [7, 11) is -3.19. The number of hydrogen-bond donors (Lipinski definition) is 1. The second-order valence-electron chi connectivity index (χ2n) is 6.45. The molecule has 3 rings (SSSR count). The summed E-state index contributed by atoms with van der Waals surface area (Å²) in [6, 6.07) is 7.49. The van der Waals surface area contributed by atoms with E-state index in [0.717, 1.165) is 11.4 Å². The molecule has 0 spiro atoms. The minimum Gasteiger partial charge on any atom is -0.369 e. The van der Waals surface area contributed by atoms with Gasteiger partial charge in [-0.2, -0.15) is 4.31 Å². The lowest BCUT2D eigenvalue weighted by atomic mass is 10.1. The monoisotopic (exact) mass is 366 g/mol. The first kappa shape index (κ1) is 17.7. The third kappa shape index (κ3) is 3.62. The van der Waals surface area contributed by atoms with Gasteiger partial charge in [-0.15, -0.1) is 0 Å². The molecular weight excluding hydrogens is 344 g/mol. The summed E-state index contributed by atoms with van der Waals surface area (Å²) >= 11 is 0. The molecule has 1 aromatic carbocycles. The quantitative estimate of drug-likeness (QED) is 0.781. The van der Waals surface area contributed by atoms with Crippen LogP contribution in [0.25, 0.3) is 0 Å². The molecule has 2 N–H and O–H groups in total. The fraction of sp³-hybridized carbons (Fsp3) is 0.500. The van der Waals surface area contributed by atoms with Crippen molar-refractivity contribution < 1.29 is 18.0 Å². The van der Waals surface area contributed by atoms with Crippen molar-refractivity contribution in [1.29, 1.82) is 0 Å². The first-order chi connectivity index (χ1) is 11.8. The van der Waals surface area contributed by atoms with Crippen molar-refractivity contribution in [2.45, 2.75) is 6.42 Å². The van der Waals surface area contributed by atoms with Gasteiger partial charge in [0.15, 0.2) is 0 Å². The molecule has 136 valence electrons. The normalized spacial score (nSPS) is 22.4. The molecule has 0 aromatic heterocycles. The summed E-state index contributed by atoms with van der Waals surface area (Å²) in [5, 5.41) is 0. The molecule has 9 heteroatoms. The molecule has 1 atom stereocenters. The number of primary amides is 1. The highest BCUT2D eigenvalue weighted by Crippen LogP contribution is 2.34. The van der Waals surface area contributed by atoms with Gasteiger partial charge in [0.25, 0.3) is 0 Å². The Labute approximate surface area is 147 Å². The van der Waals surface area contributed by atoms with Crippen LogP contribution >= 0.6 is 0 Å². The Morgan fingerprint density at radius 2 is 1.72 bits per heavy atom. The number of amides is 2. The van der Waals surface area contributed by atoms with Crippen molar-refractivity contribution in [3.63, 3.8) is 0 Å². The van der Waals surface area contributed by atoms with Crippen molar-refractivity contribution in [3.8, 4) is 0 Å². The van der Waals surface area contributed by atoms with Crippen LogP contribution in [0.5, 0.6) is 0 Å². The highest BCUT2D eigenvalue weighted by atomic mass is 32.2. The highest BCUT2D eigenvalue weighted by molar-refractivity contribution is 7.88. The summed E-state index contributed by atoms with van der Waals surface area (Å²) in [6.07, 6.45) is 1.34.